The van der Waals surface area contributed by atoms with E-state index in [9.17, 15) is 14.9 Å². The highest BCUT2D eigenvalue weighted by Crippen LogP contribution is 2.27. The Balaban J connectivity index is 1.87. The van der Waals surface area contributed by atoms with E-state index in [-0.39, 0.29) is 22.4 Å². The minimum Gasteiger partial charge on any atom is -0.462 e. The van der Waals surface area contributed by atoms with Crippen LogP contribution in [0.15, 0.2) is 65.5 Å². The number of aryl methyl sites for hydroxylation is 1. The molecule has 0 radical (unpaired) electrons. The number of hydrogen-bond acceptors (Lipinski definition) is 8. The van der Waals surface area contributed by atoms with Gasteiger partial charge in [-0.3, -0.25) is 9.36 Å². The molecule has 5 rings (SSSR count). The van der Waals surface area contributed by atoms with Crippen LogP contribution in [0.1, 0.15) is 17.6 Å². The monoisotopic (exact) mass is 513 g/mol. The van der Waals surface area contributed by atoms with Crippen molar-refractivity contribution in [2.24, 2.45) is 0 Å². The summed E-state index contributed by atoms with van der Waals surface area (Å²) in [5.74, 6) is -0.774. The lowest BCUT2D eigenvalue weighted by molar-refractivity contribution is -0.136. The van der Waals surface area contributed by atoms with Gasteiger partial charge in [-0.05, 0) is 32.1 Å². The summed E-state index contributed by atoms with van der Waals surface area (Å²) in [4.78, 5) is 31.8. The maximum Gasteiger partial charge on any atom is 0.351 e. The average Bonchev–Trinajstić information content (AvgIpc) is 3.52. The summed E-state index contributed by atoms with van der Waals surface area (Å²) >= 11 is 2.51. The lowest BCUT2D eigenvalue weighted by atomic mass is 10.1. The summed E-state index contributed by atoms with van der Waals surface area (Å²) in [6.45, 7) is 3.67. The fraction of sp³-hybridized carbons (Fsp3) is 0.115. The molecule has 3 heterocycles. The lowest BCUT2D eigenvalue weighted by Crippen LogP contribution is -2.31. The van der Waals surface area contributed by atoms with Crippen molar-refractivity contribution >= 4 is 45.3 Å². The third-order valence-corrected chi connectivity index (χ3v) is 7.21. The number of carbonyl (C=O) groups is 1. The molecule has 0 saturated carbocycles. The number of nitriles is 1. The van der Waals surface area contributed by atoms with Crippen LogP contribution in [-0.4, -0.2) is 31.7 Å². The molecule has 0 aliphatic carbocycles. The highest BCUT2D eigenvalue weighted by molar-refractivity contribution is 7.16. The maximum absolute atomic E-state index is 13.7. The Morgan fingerprint density at radius 3 is 2.47 bits per heavy atom. The van der Waals surface area contributed by atoms with Crippen LogP contribution in [0.3, 0.4) is 0 Å². The van der Waals surface area contributed by atoms with Crippen molar-refractivity contribution in [3.05, 3.63) is 90.9 Å². The van der Waals surface area contributed by atoms with Crippen molar-refractivity contribution in [1.29, 1.82) is 5.26 Å². The molecular weight excluding hydrogens is 494 g/mol. The highest BCUT2D eigenvalue weighted by Gasteiger charge is 2.20. The zero-order valence-electron chi connectivity index (χ0n) is 19.3. The van der Waals surface area contributed by atoms with Crippen molar-refractivity contribution in [2.45, 2.75) is 13.8 Å². The Kier molecular flexibility index (Phi) is 6.33. The van der Waals surface area contributed by atoms with E-state index >= 15 is 0 Å². The van der Waals surface area contributed by atoms with Crippen LogP contribution in [0.2, 0.25) is 0 Å². The largest absolute Gasteiger partial charge is 0.462 e. The van der Waals surface area contributed by atoms with Gasteiger partial charge < -0.3 is 4.74 Å². The first-order chi connectivity index (χ1) is 17.5. The van der Waals surface area contributed by atoms with Crippen LogP contribution in [0, 0.1) is 18.3 Å². The Bertz CT molecular complexity index is 1810. The molecular formula is C26H19N5O3S2. The van der Waals surface area contributed by atoms with Crippen LogP contribution in [0.4, 0.5) is 0 Å². The van der Waals surface area contributed by atoms with Crippen molar-refractivity contribution in [3.63, 3.8) is 0 Å². The molecule has 0 aliphatic rings. The van der Waals surface area contributed by atoms with Gasteiger partial charge in [0.05, 0.1) is 28.2 Å². The van der Waals surface area contributed by atoms with Crippen LogP contribution in [0.25, 0.3) is 33.6 Å². The Labute approximate surface area is 213 Å². The first-order valence-corrected chi connectivity index (χ1v) is 12.7. The molecule has 0 amide bonds. The van der Waals surface area contributed by atoms with E-state index in [0.29, 0.717) is 26.6 Å². The highest BCUT2D eigenvalue weighted by atomic mass is 32.1. The predicted octanol–water partition coefficient (Wildman–Crippen LogP) is 3.04. The summed E-state index contributed by atoms with van der Waals surface area (Å²) in [5, 5.41) is 15.2. The minimum absolute atomic E-state index is 0.112. The molecule has 0 N–H and O–H groups in total. The fourth-order valence-electron chi connectivity index (χ4n) is 3.77. The minimum atomic E-state index is -0.774. The number of fused-ring (bicyclic) bond motifs is 1. The summed E-state index contributed by atoms with van der Waals surface area (Å²) in [5.41, 5.74) is 2.16. The van der Waals surface area contributed by atoms with E-state index < -0.39 is 5.97 Å². The van der Waals surface area contributed by atoms with E-state index in [4.69, 9.17) is 9.72 Å². The summed E-state index contributed by atoms with van der Waals surface area (Å²) in [7, 11) is 0. The molecule has 10 heteroatoms. The Morgan fingerprint density at radius 2 is 1.81 bits per heavy atom. The molecule has 5 aromatic rings. The van der Waals surface area contributed by atoms with Crippen molar-refractivity contribution in [1.82, 2.24) is 19.2 Å². The number of carbonyl (C=O) groups excluding carboxylic acids is 1. The van der Waals surface area contributed by atoms with Crippen molar-refractivity contribution in [3.8, 4) is 23.0 Å². The molecule has 2 aromatic carbocycles. The van der Waals surface area contributed by atoms with Crippen LogP contribution in [0.5, 0.6) is 0 Å². The number of para-hydroxylation sites is 1. The molecule has 0 unspecified atom stereocenters. The molecule has 8 nitrogen and oxygen atoms in total. The van der Waals surface area contributed by atoms with E-state index in [1.165, 1.54) is 15.9 Å². The molecule has 0 fully saturated rings. The summed E-state index contributed by atoms with van der Waals surface area (Å²) in [6, 6.07) is 20.5. The summed E-state index contributed by atoms with van der Waals surface area (Å²) in [6.07, 6.45) is 1.72. The smallest absolute Gasteiger partial charge is 0.351 e. The first-order valence-electron chi connectivity index (χ1n) is 11.0. The maximum atomic E-state index is 13.7. The first kappa shape index (κ1) is 23.4. The van der Waals surface area contributed by atoms with Crippen molar-refractivity contribution in [2.75, 3.05) is 6.61 Å². The third-order valence-electron chi connectivity index (χ3n) is 5.30. The second kappa shape index (κ2) is 9.73. The van der Waals surface area contributed by atoms with Gasteiger partial charge in [-0.1, -0.05) is 59.9 Å². The van der Waals surface area contributed by atoms with E-state index in [2.05, 4.69) is 5.10 Å². The van der Waals surface area contributed by atoms with Gasteiger partial charge in [0, 0.05) is 5.56 Å². The number of thiazole rings is 1. The number of hydrogen-bond donors (Lipinski definition) is 0. The fourth-order valence-corrected chi connectivity index (χ4v) is 5.58. The number of aromatic nitrogens is 4. The zero-order valence-corrected chi connectivity index (χ0v) is 21.0. The molecule has 0 aliphatic heterocycles. The molecule has 3 aromatic heterocycles. The van der Waals surface area contributed by atoms with Gasteiger partial charge in [-0.15, -0.1) is 11.3 Å². The molecule has 178 valence electrons. The number of ether oxygens (including phenoxy) is 1. The normalized spacial score (nSPS) is 12.5. The van der Waals surface area contributed by atoms with Gasteiger partial charge in [0.25, 0.3) is 5.56 Å². The van der Waals surface area contributed by atoms with Crippen LogP contribution in [-0.2, 0) is 9.53 Å². The van der Waals surface area contributed by atoms with Gasteiger partial charge in [-0.25, -0.2) is 14.3 Å². The lowest BCUT2D eigenvalue weighted by Gasteiger charge is -2.03. The van der Waals surface area contributed by atoms with E-state index in [1.807, 2.05) is 49.4 Å². The summed E-state index contributed by atoms with van der Waals surface area (Å²) < 4.78 is 8.72. The van der Waals surface area contributed by atoms with Gasteiger partial charge in [0.15, 0.2) is 5.57 Å². The third kappa shape index (κ3) is 4.15. The molecule has 0 saturated heterocycles. The molecule has 0 atom stereocenters. The topological polar surface area (TPSA) is 102 Å². The van der Waals surface area contributed by atoms with E-state index in [1.54, 1.807) is 41.8 Å². The van der Waals surface area contributed by atoms with Crippen LogP contribution < -0.4 is 14.8 Å². The van der Waals surface area contributed by atoms with Gasteiger partial charge in [0.1, 0.15) is 15.7 Å². The predicted molar refractivity (Wildman–Crippen MR) is 139 cm³/mol. The van der Waals surface area contributed by atoms with Gasteiger partial charge in [-0.2, -0.15) is 10.4 Å². The number of benzene rings is 2. The quantitative estimate of drug-likeness (QED) is 0.335. The number of imidazole rings is 1. The SMILES string of the molecule is CCOC(=O)/C(C#N)=c1/s/c(=C\c2c(-c3ccccc3)nc3sc(C)nn23)c(=O)n1-c1ccccc1. The second-order valence-electron chi connectivity index (χ2n) is 7.63. The van der Waals surface area contributed by atoms with E-state index in [0.717, 1.165) is 21.9 Å². The number of rotatable bonds is 5. The van der Waals surface area contributed by atoms with Crippen molar-refractivity contribution < 1.29 is 9.53 Å². The number of esters is 1. The van der Waals surface area contributed by atoms with Gasteiger partial charge >= 0.3 is 5.97 Å². The molecule has 0 bridgehead atoms. The average molecular weight is 514 g/mol. The Hall–Kier alpha value is -4.33. The number of nitrogens with zero attached hydrogens (tertiary/aromatic N) is 5. The molecule has 0 spiro atoms. The second-order valence-corrected chi connectivity index (χ2v) is 9.82. The van der Waals surface area contributed by atoms with Gasteiger partial charge in [0.2, 0.25) is 4.96 Å². The Morgan fingerprint density at radius 1 is 1.11 bits per heavy atom. The molecule has 36 heavy (non-hydrogen) atoms. The standard InChI is InChI=1S/C26H19N5O3S2/c1-3-34-25(33)19(15-27)24-30(18-12-8-5-9-13-18)23(32)21(36-24)14-20-22(17-10-6-4-7-11-17)28-26-31(20)29-16(2)35-26/h4-14H,3H2,1-2H3/b21-14-,24-19+. The van der Waals surface area contributed by atoms with Crippen LogP contribution >= 0.6 is 22.7 Å². The zero-order chi connectivity index (χ0) is 25.2.